The van der Waals surface area contributed by atoms with Crippen LogP contribution >= 0.6 is 0 Å². The third-order valence-corrected chi connectivity index (χ3v) is 6.53. The lowest BCUT2D eigenvalue weighted by atomic mass is 10.1. The van der Waals surface area contributed by atoms with Crippen LogP contribution in [-0.4, -0.2) is 64.2 Å². The van der Waals surface area contributed by atoms with Crippen LogP contribution < -0.4 is 5.32 Å². The van der Waals surface area contributed by atoms with E-state index in [4.69, 9.17) is 4.74 Å². The lowest BCUT2D eigenvalue weighted by molar-refractivity contribution is 0.0145. The number of anilines is 2. The van der Waals surface area contributed by atoms with Gasteiger partial charge in [0.2, 0.25) is 0 Å². The van der Waals surface area contributed by atoms with Gasteiger partial charge in [0.15, 0.2) is 0 Å². The number of allylic oxidation sites excluding steroid dienone is 1. The van der Waals surface area contributed by atoms with Crippen molar-refractivity contribution >= 4 is 34.4 Å². The lowest BCUT2D eigenvalue weighted by Crippen LogP contribution is -2.50. The third kappa shape index (κ3) is 6.69. The summed E-state index contributed by atoms with van der Waals surface area (Å²) in [5.74, 6) is 0. The highest BCUT2D eigenvalue weighted by Crippen LogP contribution is 2.31. The molecule has 2 N–H and O–H groups in total. The van der Waals surface area contributed by atoms with E-state index in [-0.39, 0.29) is 6.09 Å². The molecule has 0 saturated carbocycles. The van der Waals surface area contributed by atoms with Gasteiger partial charge in [-0.15, -0.1) is 0 Å². The maximum atomic E-state index is 12.3. The molecule has 0 spiro atoms. The zero-order chi connectivity index (χ0) is 26.4. The van der Waals surface area contributed by atoms with Crippen LogP contribution in [0.2, 0.25) is 0 Å². The second-order valence-corrected chi connectivity index (χ2v) is 10.4. The van der Waals surface area contributed by atoms with Crippen molar-refractivity contribution in [2.75, 3.05) is 38.0 Å². The summed E-state index contributed by atoms with van der Waals surface area (Å²) in [6.45, 7) is 11.8. The van der Waals surface area contributed by atoms with Crippen LogP contribution in [0, 0.1) is 18.3 Å². The maximum absolute atomic E-state index is 12.3. The second-order valence-electron chi connectivity index (χ2n) is 10.4. The number of aryl methyl sites for hydroxylation is 1. The van der Waals surface area contributed by atoms with Crippen molar-refractivity contribution in [1.29, 1.82) is 5.26 Å². The molecule has 3 aromatic rings. The van der Waals surface area contributed by atoms with E-state index in [0.29, 0.717) is 18.7 Å². The van der Waals surface area contributed by atoms with Crippen LogP contribution in [0.5, 0.6) is 0 Å². The fraction of sp³-hybridized carbons (Fsp3) is 0.414. The van der Waals surface area contributed by atoms with Crippen molar-refractivity contribution in [2.45, 2.75) is 46.1 Å². The molecule has 0 aliphatic carbocycles. The van der Waals surface area contributed by atoms with Crippen molar-refractivity contribution in [3.05, 3.63) is 59.6 Å². The Morgan fingerprint density at radius 2 is 2.00 bits per heavy atom. The number of H-pyrrole nitrogens is 1. The number of hydrogen-bond donors (Lipinski definition) is 2. The Labute approximate surface area is 218 Å². The van der Waals surface area contributed by atoms with Crippen molar-refractivity contribution < 1.29 is 9.53 Å². The van der Waals surface area contributed by atoms with Crippen LogP contribution in [0.15, 0.2) is 42.9 Å². The van der Waals surface area contributed by atoms with Crippen molar-refractivity contribution in [1.82, 2.24) is 19.8 Å². The molecule has 8 heteroatoms. The van der Waals surface area contributed by atoms with E-state index in [1.807, 2.05) is 45.2 Å². The van der Waals surface area contributed by atoms with Crippen molar-refractivity contribution in [3.63, 3.8) is 0 Å². The molecule has 1 aliphatic heterocycles. The smallest absolute Gasteiger partial charge is 0.410 e. The number of carbonyl (C=O) groups is 1. The molecule has 2 aromatic heterocycles. The summed E-state index contributed by atoms with van der Waals surface area (Å²) in [5.41, 5.74) is 4.88. The van der Waals surface area contributed by atoms with Crippen LogP contribution in [0.3, 0.4) is 0 Å². The highest BCUT2D eigenvalue weighted by molar-refractivity contribution is 5.89. The Morgan fingerprint density at radius 3 is 2.73 bits per heavy atom. The minimum Gasteiger partial charge on any atom is -0.444 e. The van der Waals surface area contributed by atoms with Gasteiger partial charge in [-0.1, -0.05) is 12.2 Å². The number of nitriles is 1. The predicted octanol–water partition coefficient (Wildman–Crippen LogP) is 5.83. The molecule has 3 heterocycles. The average molecular weight is 501 g/mol. The van der Waals surface area contributed by atoms with E-state index < -0.39 is 5.60 Å². The molecule has 1 saturated heterocycles. The summed E-state index contributed by atoms with van der Waals surface area (Å²) >= 11 is 0. The van der Waals surface area contributed by atoms with Gasteiger partial charge in [-0.3, -0.25) is 9.88 Å². The Balaban J connectivity index is 1.32. The first-order chi connectivity index (χ1) is 17.7. The van der Waals surface area contributed by atoms with E-state index >= 15 is 0 Å². The molecule has 1 aromatic carbocycles. The Morgan fingerprint density at radius 1 is 1.22 bits per heavy atom. The fourth-order valence-corrected chi connectivity index (χ4v) is 4.50. The summed E-state index contributed by atoms with van der Waals surface area (Å²) in [5, 5.41) is 14.3. The normalized spacial score (nSPS) is 14.7. The van der Waals surface area contributed by atoms with Crippen molar-refractivity contribution in [3.8, 4) is 6.07 Å². The standard InChI is InChI=1S/C29H36N6O2/c1-21-24-11-12-32-26(24)10-9-25(21)33-27-22(19-31-20-23(27)18-30)8-6-5-7-13-34-14-16-35(17-15-34)28(36)37-29(2,3)4/h6,8-12,19-20,32H,5,7,13-17H2,1-4H3,(H,31,33). The number of piperazine rings is 1. The molecule has 0 unspecified atom stereocenters. The predicted molar refractivity (Wildman–Crippen MR) is 148 cm³/mol. The molecular weight excluding hydrogens is 464 g/mol. The average Bonchev–Trinajstić information content (AvgIpc) is 3.35. The van der Waals surface area contributed by atoms with E-state index in [9.17, 15) is 10.1 Å². The molecule has 1 amide bonds. The quantitative estimate of drug-likeness (QED) is 0.396. The minimum atomic E-state index is -0.465. The number of pyridine rings is 1. The molecule has 194 valence electrons. The number of ether oxygens (including phenoxy) is 1. The molecule has 1 fully saturated rings. The number of hydrogen-bond acceptors (Lipinski definition) is 6. The first-order valence-electron chi connectivity index (χ1n) is 12.8. The van der Waals surface area contributed by atoms with Crippen LogP contribution in [0.4, 0.5) is 16.2 Å². The Bertz CT molecular complexity index is 1310. The number of fused-ring (bicyclic) bond motifs is 1. The van der Waals surface area contributed by atoms with Gasteiger partial charge in [0, 0.05) is 66.9 Å². The molecule has 0 radical (unpaired) electrons. The second kappa shape index (κ2) is 11.5. The highest BCUT2D eigenvalue weighted by Gasteiger charge is 2.25. The van der Waals surface area contributed by atoms with Crippen LogP contribution in [0.25, 0.3) is 17.0 Å². The number of rotatable bonds is 7. The summed E-state index contributed by atoms with van der Waals surface area (Å²) in [4.78, 5) is 23.9. The van der Waals surface area contributed by atoms with E-state index in [0.717, 1.165) is 65.9 Å². The Kier molecular flexibility index (Phi) is 8.14. The first-order valence-corrected chi connectivity index (χ1v) is 12.8. The SMILES string of the molecule is Cc1c(Nc2c(C#N)cncc2C=CCCCN2CCN(C(=O)OC(C)(C)C)CC2)ccc2[nH]ccc12. The third-order valence-electron chi connectivity index (χ3n) is 6.53. The van der Waals surface area contributed by atoms with Gasteiger partial charge in [-0.2, -0.15) is 5.26 Å². The van der Waals surface area contributed by atoms with Gasteiger partial charge in [0.05, 0.1) is 11.3 Å². The van der Waals surface area contributed by atoms with E-state index in [1.54, 1.807) is 17.3 Å². The monoisotopic (exact) mass is 500 g/mol. The van der Waals surface area contributed by atoms with Gasteiger partial charge in [0.25, 0.3) is 0 Å². The molecule has 0 atom stereocenters. The number of aromatic nitrogens is 2. The zero-order valence-electron chi connectivity index (χ0n) is 22.2. The number of benzene rings is 1. The number of amides is 1. The molecule has 8 nitrogen and oxygen atoms in total. The molecule has 37 heavy (non-hydrogen) atoms. The van der Waals surface area contributed by atoms with Gasteiger partial charge in [0.1, 0.15) is 11.7 Å². The van der Waals surface area contributed by atoms with Crippen molar-refractivity contribution in [2.24, 2.45) is 0 Å². The fourth-order valence-electron chi connectivity index (χ4n) is 4.50. The summed E-state index contributed by atoms with van der Waals surface area (Å²) in [6, 6.07) is 8.40. The molecular formula is C29H36N6O2. The first kappa shape index (κ1) is 26.2. The largest absolute Gasteiger partial charge is 0.444 e. The van der Waals surface area contributed by atoms with Crippen LogP contribution in [0.1, 0.15) is 50.3 Å². The number of nitrogens with zero attached hydrogens (tertiary/aromatic N) is 4. The lowest BCUT2D eigenvalue weighted by Gasteiger charge is -2.35. The topological polar surface area (TPSA) is 97.3 Å². The van der Waals surface area contributed by atoms with Gasteiger partial charge in [-0.25, -0.2) is 4.79 Å². The maximum Gasteiger partial charge on any atom is 0.410 e. The zero-order valence-corrected chi connectivity index (χ0v) is 22.2. The number of aromatic amines is 1. The number of unbranched alkanes of at least 4 members (excludes halogenated alkanes) is 1. The molecule has 4 rings (SSSR count). The Hall–Kier alpha value is -3.83. The van der Waals surface area contributed by atoms with Crippen LogP contribution in [-0.2, 0) is 4.74 Å². The number of nitrogens with one attached hydrogen (secondary N) is 2. The van der Waals surface area contributed by atoms with Gasteiger partial charge in [-0.05, 0) is 70.8 Å². The highest BCUT2D eigenvalue weighted by atomic mass is 16.6. The summed E-state index contributed by atoms with van der Waals surface area (Å²) < 4.78 is 5.48. The van der Waals surface area contributed by atoms with Gasteiger partial charge >= 0.3 is 6.09 Å². The molecule has 1 aliphatic rings. The number of carbonyl (C=O) groups excluding carboxylic acids is 1. The van der Waals surface area contributed by atoms with E-state index in [2.05, 4.69) is 45.3 Å². The van der Waals surface area contributed by atoms with E-state index in [1.165, 1.54) is 0 Å². The van der Waals surface area contributed by atoms with Gasteiger partial charge < -0.3 is 19.9 Å². The summed E-state index contributed by atoms with van der Waals surface area (Å²) in [7, 11) is 0. The summed E-state index contributed by atoms with van der Waals surface area (Å²) in [6.07, 6.45) is 11.2. The molecule has 0 bridgehead atoms. The minimum absolute atomic E-state index is 0.226.